The van der Waals surface area contributed by atoms with Crippen LogP contribution in [0.5, 0.6) is 11.5 Å². The van der Waals surface area contributed by atoms with E-state index in [0.29, 0.717) is 12.7 Å². The molecule has 0 aliphatic carbocycles. The molecule has 7 nitrogen and oxygen atoms in total. The number of nitrogens with zero attached hydrogens (tertiary/aromatic N) is 1. The number of hydrogen-bond acceptors (Lipinski definition) is 5. The lowest BCUT2D eigenvalue weighted by Crippen LogP contribution is -2.38. The van der Waals surface area contributed by atoms with Crippen LogP contribution in [0, 0.1) is 0 Å². The second-order valence-corrected chi connectivity index (χ2v) is 6.98. The van der Waals surface area contributed by atoms with Crippen LogP contribution in [0.3, 0.4) is 0 Å². The van der Waals surface area contributed by atoms with Gasteiger partial charge in [0.25, 0.3) is 0 Å². The molecule has 164 valence electrons. The lowest BCUT2D eigenvalue weighted by Gasteiger charge is -2.22. The quantitative estimate of drug-likeness (QED) is 0.315. The molecule has 0 radical (unpaired) electrons. The van der Waals surface area contributed by atoms with E-state index in [2.05, 4.69) is 27.8 Å². The smallest absolute Gasteiger partial charge is 0.190 e. The van der Waals surface area contributed by atoms with Crippen molar-refractivity contribution in [2.45, 2.75) is 45.1 Å². The molecule has 1 aromatic rings. The summed E-state index contributed by atoms with van der Waals surface area (Å²) in [5, 5.41) is 6.71. The molecule has 0 bridgehead atoms. The van der Waals surface area contributed by atoms with E-state index >= 15 is 0 Å². The summed E-state index contributed by atoms with van der Waals surface area (Å²) < 4.78 is 22.2. The summed E-state index contributed by atoms with van der Waals surface area (Å²) in [4.78, 5) is 4.28. The van der Waals surface area contributed by atoms with Gasteiger partial charge in [-0.1, -0.05) is 6.07 Å². The molecule has 0 amide bonds. The molecule has 1 aliphatic rings. The van der Waals surface area contributed by atoms with Crippen molar-refractivity contribution < 1.29 is 18.9 Å². The molecule has 1 aromatic carbocycles. The van der Waals surface area contributed by atoms with E-state index < -0.39 is 0 Å². The maximum atomic E-state index is 5.89. The molecule has 1 aliphatic heterocycles. The van der Waals surface area contributed by atoms with Crippen molar-refractivity contribution >= 4 is 5.96 Å². The summed E-state index contributed by atoms with van der Waals surface area (Å²) in [6.07, 6.45) is 5.32. The third-order valence-corrected chi connectivity index (χ3v) is 4.82. The first kappa shape index (κ1) is 23.3. The van der Waals surface area contributed by atoms with Crippen molar-refractivity contribution in [3.05, 3.63) is 23.8 Å². The zero-order valence-corrected chi connectivity index (χ0v) is 18.2. The first-order chi connectivity index (χ1) is 14.3. The molecule has 0 aromatic heterocycles. The molecule has 0 spiro atoms. The van der Waals surface area contributed by atoms with E-state index in [1.165, 1.54) is 5.56 Å². The van der Waals surface area contributed by atoms with Crippen molar-refractivity contribution in [1.29, 1.82) is 0 Å². The molecule has 0 saturated carbocycles. The third-order valence-electron chi connectivity index (χ3n) is 4.82. The number of methoxy groups -OCH3 is 1. The monoisotopic (exact) mass is 407 g/mol. The highest BCUT2D eigenvalue weighted by atomic mass is 16.5. The van der Waals surface area contributed by atoms with Gasteiger partial charge in [-0.2, -0.15) is 0 Å². The van der Waals surface area contributed by atoms with Gasteiger partial charge in [-0.15, -0.1) is 0 Å². The molecular weight excluding hydrogens is 370 g/mol. The highest BCUT2D eigenvalue weighted by Gasteiger charge is 2.13. The number of ether oxygens (including phenoxy) is 4. The minimum Gasteiger partial charge on any atom is -0.493 e. The summed E-state index contributed by atoms with van der Waals surface area (Å²) in [6.45, 7) is 6.72. The Morgan fingerprint density at radius 3 is 2.59 bits per heavy atom. The van der Waals surface area contributed by atoms with Crippen LogP contribution in [-0.2, 0) is 15.9 Å². The molecule has 7 heteroatoms. The van der Waals surface area contributed by atoms with Crippen molar-refractivity contribution in [1.82, 2.24) is 10.6 Å². The maximum Gasteiger partial charge on any atom is 0.190 e. The van der Waals surface area contributed by atoms with Gasteiger partial charge >= 0.3 is 0 Å². The average Bonchev–Trinajstić information content (AvgIpc) is 2.76. The Balaban J connectivity index is 1.58. The molecule has 0 atom stereocenters. The number of nitrogens with one attached hydrogen (secondary N) is 2. The number of aliphatic imine (C=N–C) groups is 1. The van der Waals surface area contributed by atoms with Crippen LogP contribution < -0.4 is 20.1 Å². The van der Waals surface area contributed by atoms with E-state index in [1.807, 2.05) is 13.0 Å². The molecule has 29 heavy (non-hydrogen) atoms. The Labute approximate surface area is 175 Å². The Hall–Kier alpha value is -1.99. The van der Waals surface area contributed by atoms with Crippen LogP contribution in [0.2, 0.25) is 0 Å². The molecular formula is C22H37N3O4. The lowest BCUT2D eigenvalue weighted by atomic mass is 10.1. The van der Waals surface area contributed by atoms with Crippen molar-refractivity contribution in [2.24, 2.45) is 4.99 Å². The lowest BCUT2D eigenvalue weighted by molar-refractivity contribution is -0.0320. The number of aryl methyl sites for hydroxylation is 1. The van der Waals surface area contributed by atoms with Crippen molar-refractivity contribution in [3.8, 4) is 11.5 Å². The summed E-state index contributed by atoms with van der Waals surface area (Å²) in [5.41, 5.74) is 1.24. The van der Waals surface area contributed by atoms with Gasteiger partial charge in [0.2, 0.25) is 0 Å². The van der Waals surface area contributed by atoms with Gasteiger partial charge in [-0.25, -0.2) is 0 Å². The molecule has 1 fully saturated rings. The molecule has 1 heterocycles. The minimum absolute atomic E-state index is 0.363. The second kappa shape index (κ2) is 14.1. The highest BCUT2D eigenvalue weighted by Crippen LogP contribution is 2.28. The predicted molar refractivity (Wildman–Crippen MR) is 116 cm³/mol. The van der Waals surface area contributed by atoms with Crippen molar-refractivity contribution in [3.63, 3.8) is 0 Å². The standard InChI is InChI=1S/C22H37N3O4/c1-4-28-21-17-18(8-9-20(21)26-3)7-5-12-24-22(23-2)25-13-6-14-29-19-10-15-27-16-11-19/h8-9,17,19H,4-7,10-16H2,1-3H3,(H2,23,24,25). The van der Waals surface area contributed by atoms with Crippen LogP contribution in [0.4, 0.5) is 0 Å². The first-order valence-corrected chi connectivity index (χ1v) is 10.7. The Morgan fingerprint density at radius 2 is 1.90 bits per heavy atom. The zero-order chi connectivity index (χ0) is 20.7. The fourth-order valence-corrected chi connectivity index (χ4v) is 3.24. The Morgan fingerprint density at radius 1 is 1.14 bits per heavy atom. The molecule has 2 N–H and O–H groups in total. The van der Waals surface area contributed by atoms with Gasteiger partial charge in [0.05, 0.1) is 19.8 Å². The summed E-state index contributed by atoms with van der Waals surface area (Å²) in [5.74, 6) is 2.42. The van der Waals surface area contributed by atoms with Gasteiger partial charge in [0, 0.05) is 40.0 Å². The topological polar surface area (TPSA) is 73.3 Å². The molecule has 2 rings (SSSR count). The average molecular weight is 408 g/mol. The summed E-state index contributed by atoms with van der Waals surface area (Å²) in [7, 11) is 3.46. The molecule has 1 saturated heterocycles. The van der Waals surface area contributed by atoms with Crippen LogP contribution in [0.15, 0.2) is 23.2 Å². The fraction of sp³-hybridized carbons (Fsp3) is 0.682. The summed E-state index contributed by atoms with van der Waals surface area (Å²) >= 11 is 0. The van der Waals surface area contributed by atoms with Crippen LogP contribution >= 0.6 is 0 Å². The highest BCUT2D eigenvalue weighted by molar-refractivity contribution is 5.79. The summed E-state index contributed by atoms with van der Waals surface area (Å²) in [6, 6.07) is 6.12. The van der Waals surface area contributed by atoms with E-state index in [1.54, 1.807) is 14.2 Å². The SMILES string of the molecule is CCOc1cc(CCCNC(=NC)NCCCOC2CCOCC2)ccc1OC. The van der Waals surface area contributed by atoms with Gasteiger partial charge in [-0.05, 0) is 56.7 Å². The van der Waals surface area contributed by atoms with Crippen LogP contribution in [-0.4, -0.2) is 65.7 Å². The number of benzene rings is 1. The predicted octanol–water partition coefficient (Wildman–Crippen LogP) is 2.78. The van der Waals surface area contributed by atoms with E-state index in [0.717, 1.165) is 82.5 Å². The van der Waals surface area contributed by atoms with Gasteiger partial charge in [-0.3, -0.25) is 4.99 Å². The third kappa shape index (κ3) is 8.92. The minimum atomic E-state index is 0.363. The molecule has 0 unspecified atom stereocenters. The van der Waals surface area contributed by atoms with Gasteiger partial charge in [0.1, 0.15) is 0 Å². The normalized spacial score (nSPS) is 15.2. The Kier molecular flexibility index (Phi) is 11.3. The van der Waals surface area contributed by atoms with E-state index in [9.17, 15) is 0 Å². The van der Waals surface area contributed by atoms with Gasteiger partial charge in [0.15, 0.2) is 17.5 Å². The van der Waals surface area contributed by atoms with E-state index in [4.69, 9.17) is 18.9 Å². The number of hydrogen-bond donors (Lipinski definition) is 2. The second-order valence-electron chi connectivity index (χ2n) is 6.98. The van der Waals surface area contributed by atoms with Crippen LogP contribution in [0.1, 0.15) is 38.2 Å². The van der Waals surface area contributed by atoms with E-state index in [-0.39, 0.29) is 0 Å². The first-order valence-electron chi connectivity index (χ1n) is 10.7. The maximum absolute atomic E-state index is 5.89. The van der Waals surface area contributed by atoms with Crippen molar-refractivity contribution in [2.75, 3.05) is 53.7 Å². The Bertz CT molecular complexity index is 604. The number of rotatable bonds is 12. The fourth-order valence-electron chi connectivity index (χ4n) is 3.24. The van der Waals surface area contributed by atoms with Gasteiger partial charge < -0.3 is 29.6 Å². The van der Waals surface area contributed by atoms with Crippen LogP contribution in [0.25, 0.3) is 0 Å². The largest absolute Gasteiger partial charge is 0.493 e. The number of guanidine groups is 1. The zero-order valence-electron chi connectivity index (χ0n) is 18.2.